The van der Waals surface area contributed by atoms with Crippen LogP contribution in [0.1, 0.15) is 12.5 Å². The van der Waals surface area contributed by atoms with Crippen molar-refractivity contribution in [3.8, 4) is 0 Å². The molecular weight excluding hydrogens is 322 g/mol. The third-order valence-electron chi connectivity index (χ3n) is 3.27. The van der Waals surface area contributed by atoms with Crippen LogP contribution in [0.2, 0.25) is 0 Å². The van der Waals surface area contributed by atoms with Gasteiger partial charge in [0.15, 0.2) is 0 Å². The lowest BCUT2D eigenvalue weighted by molar-refractivity contribution is -0.112. The highest BCUT2D eigenvalue weighted by Crippen LogP contribution is 2.27. The summed E-state index contributed by atoms with van der Waals surface area (Å²) in [5, 5.41) is -0.736. The molecule has 0 heterocycles. The lowest BCUT2D eigenvalue weighted by atomic mass is 10.2. The van der Waals surface area contributed by atoms with E-state index in [2.05, 4.69) is 0 Å². The molecule has 0 aliphatic rings. The first-order valence-corrected chi connectivity index (χ1v) is 8.51. The normalized spacial score (nSPS) is 12.7. The minimum Gasteiger partial charge on any atom is -0.279 e. The van der Waals surface area contributed by atoms with Crippen LogP contribution in [0.15, 0.2) is 59.5 Å². The van der Waals surface area contributed by atoms with Crippen molar-refractivity contribution in [1.82, 2.24) is 0 Å². The summed E-state index contributed by atoms with van der Waals surface area (Å²) in [7, 11) is -3.88. The summed E-state index contributed by atoms with van der Waals surface area (Å²) in [5.74, 6) is 0. The van der Waals surface area contributed by atoms with Gasteiger partial charge in [0, 0.05) is 0 Å². The van der Waals surface area contributed by atoms with Crippen LogP contribution in [-0.4, -0.2) is 19.7 Å². The minimum atomic E-state index is -3.88. The second-order valence-electron chi connectivity index (χ2n) is 4.93. The monoisotopic (exact) mass is 337 g/mol. The van der Waals surface area contributed by atoms with Crippen LogP contribution in [0.25, 0.3) is 0 Å². The fraction of sp³-hybridized carbons (Fsp3) is 0.188. The zero-order valence-corrected chi connectivity index (χ0v) is 13.8. The molecule has 0 aromatic heterocycles. The Labute approximate surface area is 135 Å². The Balaban J connectivity index is 2.59. The van der Waals surface area contributed by atoms with Crippen LogP contribution < -0.4 is 4.31 Å². The number of rotatable bonds is 5. The predicted molar refractivity (Wildman–Crippen MR) is 87.6 cm³/mol. The summed E-state index contributed by atoms with van der Waals surface area (Å²) >= 11 is 5.55. The van der Waals surface area contributed by atoms with Gasteiger partial charge < -0.3 is 0 Å². The Hall–Kier alpha value is -1.85. The maximum Gasteiger partial charge on any atom is 0.265 e. The Kier molecular flexibility index (Phi) is 4.88. The van der Waals surface area contributed by atoms with Gasteiger partial charge in [0.25, 0.3) is 10.0 Å². The lowest BCUT2D eigenvalue weighted by Gasteiger charge is -2.28. The highest BCUT2D eigenvalue weighted by molar-refractivity contribution is 7.93. The molecule has 0 saturated carbocycles. The Morgan fingerprint density at radius 2 is 1.59 bits per heavy atom. The molecule has 116 valence electrons. The number of sulfonamides is 1. The average Bonchev–Trinajstić information content (AvgIpc) is 2.50. The third kappa shape index (κ3) is 3.31. The zero-order valence-electron chi connectivity index (χ0n) is 12.2. The quantitative estimate of drug-likeness (QED) is 0.786. The molecule has 0 bridgehead atoms. The molecule has 2 rings (SSSR count). The summed E-state index contributed by atoms with van der Waals surface area (Å²) in [6.45, 7) is 3.37. The van der Waals surface area contributed by atoms with Gasteiger partial charge in [0.2, 0.25) is 5.24 Å². The number of benzene rings is 2. The first kappa shape index (κ1) is 16.5. The molecule has 0 saturated heterocycles. The Bertz CT molecular complexity index is 758. The van der Waals surface area contributed by atoms with Gasteiger partial charge in [0.1, 0.15) is 6.04 Å². The van der Waals surface area contributed by atoms with Crippen molar-refractivity contribution in [3.05, 3.63) is 60.2 Å². The van der Waals surface area contributed by atoms with E-state index in [0.717, 1.165) is 9.87 Å². The Morgan fingerprint density at radius 1 is 1.05 bits per heavy atom. The average molecular weight is 338 g/mol. The number of hydrogen-bond donors (Lipinski definition) is 0. The topological polar surface area (TPSA) is 54.5 Å². The maximum atomic E-state index is 12.9. The third-order valence-corrected chi connectivity index (χ3v) is 5.50. The molecule has 0 aliphatic heterocycles. The van der Waals surface area contributed by atoms with Gasteiger partial charge in [-0.2, -0.15) is 0 Å². The van der Waals surface area contributed by atoms with E-state index in [-0.39, 0.29) is 4.90 Å². The predicted octanol–water partition coefficient (Wildman–Crippen LogP) is 3.34. The van der Waals surface area contributed by atoms with Gasteiger partial charge in [0.05, 0.1) is 10.6 Å². The number of hydrogen-bond acceptors (Lipinski definition) is 3. The molecule has 0 spiro atoms. The van der Waals surface area contributed by atoms with Gasteiger partial charge in [-0.3, -0.25) is 9.10 Å². The summed E-state index contributed by atoms with van der Waals surface area (Å²) in [6.07, 6.45) is 0. The van der Waals surface area contributed by atoms with E-state index in [4.69, 9.17) is 11.6 Å². The van der Waals surface area contributed by atoms with E-state index in [1.165, 1.54) is 19.1 Å². The molecule has 0 radical (unpaired) electrons. The number of anilines is 1. The van der Waals surface area contributed by atoms with Crippen LogP contribution in [0.4, 0.5) is 5.69 Å². The van der Waals surface area contributed by atoms with Crippen LogP contribution >= 0.6 is 11.6 Å². The number of carbonyl (C=O) groups is 1. The molecule has 1 unspecified atom stereocenters. The fourth-order valence-corrected chi connectivity index (χ4v) is 3.86. The van der Waals surface area contributed by atoms with Crippen molar-refractivity contribution in [2.75, 3.05) is 4.31 Å². The van der Waals surface area contributed by atoms with E-state index < -0.39 is 21.3 Å². The van der Waals surface area contributed by atoms with Gasteiger partial charge in [-0.15, -0.1) is 0 Å². The molecule has 4 nitrogen and oxygen atoms in total. The van der Waals surface area contributed by atoms with Crippen LogP contribution in [-0.2, 0) is 14.8 Å². The number of carbonyl (C=O) groups excluding carboxylic acids is 1. The van der Waals surface area contributed by atoms with Gasteiger partial charge in [-0.05, 0) is 49.7 Å². The number of nitrogens with zero attached hydrogens (tertiary/aromatic N) is 1. The van der Waals surface area contributed by atoms with E-state index in [9.17, 15) is 13.2 Å². The van der Waals surface area contributed by atoms with E-state index >= 15 is 0 Å². The molecule has 0 fully saturated rings. The molecule has 6 heteroatoms. The van der Waals surface area contributed by atoms with Crippen molar-refractivity contribution in [2.45, 2.75) is 24.8 Å². The minimum absolute atomic E-state index is 0.111. The molecule has 2 aromatic carbocycles. The maximum absolute atomic E-state index is 12.9. The van der Waals surface area contributed by atoms with Crippen molar-refractivity contribution >= 4 is 32.6 Å². The summed E-state index contributed by atoms with van der Waals surface area (Å²) < 4.78 is 26.8. The van der Waals surface area contributed by atoms with Crippen molar-refractivity contribution in [1.29, 1.82) is 0 Å². The molecule has 1 atom stereocenters. The van der Waals surface area contributed by atoms with Crippen LogP contribution in [0.5, 0.6) is 0 Å². The SMILES string of the molecule is Cc1ccc(N(C(C)C(=O)Cl)S(=O)(=O)c2ccccc2)cc1. The second kappa shape index (κ2) is 6.50. The van der Waals surface area contributed by atoms with E-state index in [0.29, 0.717) is 5.69 Å². The van der Waals surface area contributed by atoms with Crippen molar-refractivity contribution in [3.63, 3.8) is 0 Å². The summed E-state index contributed by atoms with van der Waals surface area (Å²) in [5.41, 5.74) is 1.39. The summed E-state index contributed by atoms with van der Waals surface area (Å²) in [6, 6.07) is 13.9. The second-order valence-corrected chi connectivity index (χ2v) is 7.12. The highest BCUT2D eigenvalue weighted by atomic mass is 35.5. The molecule has 0 N–H and O–H groups in total. The molecule has 2 aromatic rings. The van der Waals surface area contributed by atoms with Gasteiger partial charge in [-0.1, -0.05) is 35.9 Å². The number of aryl methyl sites for hydroxylation is 1. The van der Waals surface area contributed by atoms with Gasteiger partial charge in [-0.25, -0.2) is 8.42 Å². The molecule has 0 aliphatic carbocycles. The fourth-order valence-electron chi connectivity index (χ4n) is 2.06. The van der Waals surface area contributed by atoms with E-state index in [1.54, 1.807) is 42.5 Å². The zero-order chi connectivity index (χ0) is 16.3. The smallest absolute Gasteiger partial charge is 0.265 e. The van der Waals surface area contributed by atoms with Gasteiger partial charge >= 0.3 is 0 Å². The lowest BCUT2D eigenvalue weighted by Crippen LogP contribution is -2.42. The number of halogens is 1. The van der Waals surface area contributed by atoms with Crippen molar-refractivity contribution in [2.24, 2.45) is 0 Å². The molecule has 0 amide bonds. The first-order chi connectivity index (χ1) is 10.3. The van der Waals surface area contributed by atoms with Crippen molar-refractivity contribution < 1.29 is 13.2 Å². The molecule has 22 heavy (non-hydrogen) atoms. The Morgan fingerprint density at radius 3 is 2.09 bits per heavy atom. The van der Waals surface area contributed by atoms with E-state index in [1.807, 2.05) is 6.92 Å². The van der Waals surface area contributed by atoms with Crippen LogP contribution in [0.3, 0.4) is 0 Å². The van der Waals surface area contributed by atoms with Crippen LogP contribution in [0, 0.1) is 6.92 Å². The highest BCUT2D eigenvalue weighted by Gasteiger charge is 2.32. The summed E-state index contributed by atoms with van der Waals surface area (Å²) in [4.78, 5) is 11.7. The largest absolute Gasteiger partial charge is 0.279 e. The first-order valence-electron chi connectivity index (χ1n) is 6.69. The molecular formula is C16H16ClNO3S. The standard InChI is InChI=1S/C16H16ClNO3S/c1-12-8-10-14(11-9-12)18(13(2)16(17)19)22(20,21)15-6-4-3-5-7-15/h3-11,13H,1-2H3.